The molecular formula is C18H23N3O3. The Morgan fingerprint density at radius 3 is 2.71 bits per heavy atom. The molecule has 1 aliphatic heterocycles. The van der Waals surface area contributed by atoms with Crippen molar-refractivity contribution in [1.82, 2.24) is 9.80 Å². The maximum Gasteiger partial charge on any atom is 0.228 e. The van der Waals surface area contributed by atoms with Gasteiger partial charge in [0.25, 0.3) is 0 Å². The molecule has 1 aromatic rings. The summed E-state index contributed by atoms with van der Waals surface area (Å²) in [6.07, 6.45) is 0.525. The van der Waals surface area contributed by atoms with Crippen LogP contribution < -0.4 is 4.74 Å². The predicted molar refractivity (Wildman–Crippen MR) is 89.0 cm³/mol. The molecule has 1 saturated heterocycles. The van der Waals surface area contributed by atoms with E-state index >= 15 is 0 Å². The zero-order valence-corrected chi connectivity index (χ0v) is 14.4. The van der Waals surface area contributed by atoms with E-state index in [1.54, 1.807) is 24.0 Å². The van der Waals surface area contributed by atoms with E-state index in [1.165, 1.54) is 0 Å². The van der Waals surface area contributed by atoms with Crippen molar-refractivity contribution in [2.45, 2.75) is 32.4 Å². The summed E-state index contributed by atoms with van der Waals surface area (Å²) in [5, 5.41) is 8.76. The van der Waals surface area contributed by atoms with E-state index < -0.39 is 0 Å². The number of carbonyl (C=O) groups excluding carboxylic acids is 2. The lowest BCUT2D eigenvalue weighted by molar-refractivity contribution is -0.136. The first-order valence-electron chi connectivity index (χ1n) is 8.00. The highest BCUT2D eigenvalue weighted by Crippen LogP contribution is 2.23. The summed E-state index contributed by atoms with van der Waals surface area (Å²) in [6.45, 7) is 2.75. The van der Waals surface area contributed by atoms with Crippen LogP contribution in [0.2, 0.25) is 0 Å². The van der Waals surface area contributed by atoms with E-state index in [4.69, 9.17) is 10.00 Å². The van der Waals surface area contributed by atoms with Gasteiger partial charge in [-0.05, 0) is 24.6 Å². The van der Waals surface area contributed by atoms with Gasteiger partial charge in [0.2, 0.25) is 11.8 Å². The zero-order valence-electron chi connectivity index (χ0n) is 14.4. The van der Waals surface area contributed by atoms with Crippen LogP contribution in [0.25, 0.3) is 0 Å². The van der Waals surface area contributed by atoms with Gasteiger partial charge in [0.05, 0.1) is 25.5 Å². The Hall–Kier alpha value is -2.55. The molecule has 2 atom stereocenters. The summed E-state index contributed by atoms with van der Waals surface area (Å²) in [7, 11) is 3.31. The van der Waals surface area contributed by atoms with Gasteiger partial charge in [-0.25, -0.2) is 0 Å². The summed E-state index contributed by atoms with van der Waals surface area (Å²) >= 11 is 0. The number of likely N-dealkylation sites (tertiary alicyclic amines) is 1. The van der Waals surface area contributed by atoms with Crippen LogP contribution in [0.5, 0.6) is 5.75 Å². The molecule has 0 aliphatic carbocycles. The Balaban J connectivity index is 1.97. The molecule has 0 aromatic heterocycles. The van der Waals surface area contributed by atoms with Gasteiger partial charge in [-0.1, -0.05) is 12.1 Å². The quantitative estimate of drug-likeness (QED) is 0.798. The lowest BCUT2D eigenvalue weighted by atomic mass is 10.1. The molecule has 6 nitrogen and oxygen atoms in total. The van der Waals surface area contributed by atoms with Gasteiger partial charge in [0, 0.05) is 32.6 Å². The van der Waals surface area contributed by atoms with Crippen molar-refractivity contribution in [3.63, 3.8) is 0 Å². The number of benzene rings is 1. The first kappa shape index (κ1) is 17.8. The molecule has 1 aliphatic rings. The van der Waals surface area contributed by atoms with Crippen molar-refractivity contribution in [3.05, 3.63) is 29.8 Å². The lowest BCUT2D eigenvalue weighted by Gasteiger charge is -2.26. The van der Waals surface area contributed by atoms with Gasteiger partial charge in [-0.3, -0.25) is 9.59 Å². The minimum atomic E-state index is -0.332. The first-order chi connectivity index (χ1) is 11.5. The van der Waals surface area contributed by atoms with Crippen LogP contribution in [0.3, 0.4) is 0 Å². The Labute approximate surface area is 142 Å². The molecule has 1 heterocycles. The third-order valence-corrected chi connectivity index (χ3v) is 4.49. The summed E-state index contributed by atoms with van der Waals surface area (Å²) in [4.78, 5) is 28.0. The topological polar surface area (TPSA) is 73.6 Å². The van der Waals surface area contributed by atoms with Crippen LogP contribution in [0.15, 0.2) is 24.3 Å². The van der Waals surface area contributed by atoms with Crippen LogP contribution in [0, 0.1) is 17.2 Å². The van der Waals surface area contributed by atoms with E-state index in [-0.39, 0.29) is 30.2 Å². The number of nitrogens with zero attached hydrogens (tertiary/aromatic N) is 3. The standard InChI is InChI=1S/C18H23N3O3/c1-13(8-9-19)20(2)18(23)15-10-17(22)21(12-15)11-14-4-6-16(24-3)7-5-14/h4-7,13,15H,8,10-12H2,1-3H3. The Bertz CT molecular complexity index is 636. The molecule has 0 spiro atoms. The zero-order chi connectivity index (χ0) is 17.7. The minimum Gasteiger partial charge on any atom is -0.497 e. The molecule has 128 valence electrons. The number of ether oxygens (including phenoxy) is 1. The van der Waals surface area contributed by atoms with Crippen molar-refractivity contribution < 1.29 is 14.3 Å². The first-order valence-corrected chi connectivity index (χ1v) is 8.00. The molecule has 1 fully saturated rings. The lowest BCUT2D eigenvalue weighted by Crippen LogP contribution is -2.40. The van der Waals surface area contributed by atoms with Crippen LogP contribution in [0.1, 0.15) is 25.3 Å². The normalized spacial score (nSPS) is 18.2. The van der Waals surface area contributed by atoms with E-state index in [1.807, 2.05) is 31.2 Å². The maximum absolute atomic E-state index is 12.5. The molecule has 2 unspecified atom stereocenters. The molecule has 6 heteroatoms. The molecule has 0 radical (unpaired) electrons. The number of amides is 2. The fourth-order valence-electron chi connectivity index (χ4n) is 2.82. The second-order valence-corrected chi connectivity index (χ2v) is 6.18. The number of hydrogen-bond acceptors (Lipinski definition) is 4. The fraction of sp³-hybridized carbons (Fsp3) is 0.500. The average molecular weight is 329 g/mol. The van der Waals surface area contributed by atoms with Gasteiger partial charge in [0.15, 0.2) is 0 Å². The van der Waals surface area contributed by atoms with Gasteiger partial charge in [-0.15, -0.1) is 0 Å². The van der Waals surface area contributed by atoms with Crippen LogP contribution >= 0.6 is 0 Å². The second kappa shape index (κ2) is 7.82. The van der Waals surface area contributed by atoms with Gasteiger partial charge in [-0.2, -0.15) is 5.26 Å². The van der Waals surface area contributed by atoms with Crippen molar-refractivity contribution in [2.75, 3.05) is 20.7 Å². The Morgan fingerprint density at radius 1 is 1.46 bits per heavy atom. The highest BCUT2D eigenvalue weighted by Gasteiger charge is 2.36. The van der Waals surface area contributed by atoms with Crippen LogP contribution in [0.4, 0.5) is 0 Å². The summed E-state index contributed by atoms with van der Waals surface area (Å²) in [6, 6.07) is 9.48. The van der Waals surface area contributed by atoms with Crippen molar-refractivity contribution in [3.8, 4) is 11.8 Å². The van der Waals surface area contributed by atoms with E-state index in [0.717, 1.165) is 11.3 Å². The van der Waals surface area contributed by atoms with Crippen molar-refractivity contribution >= 4 is 11.8 Å². The van der Waals surface area contributed by atoms with Gasteiger partial charge >= 0.3 is 0 Å². The summed E-state index contributed by atoms with van der Waals surface area (Å²) in [5.74, 6) is 0.364. The highest BCUT2D eigenvalue weighted by atomic mass is 16.5. The number of methoxy groups -OCH3 is 1. The maximum atomic E-state index is 12.5. The largest absolute Gasteiger partial charge is 0.497 e. The smallest absolute Gasteiger partial charge is 0.228 e. The van der Waals surface area contributed by atoms with E-state index in [2.05, 4.69) is 6.07 Å². The Kier molecular flexibility index (Phi) is 5.80. The summed E-state index contributed by atoms with van der Waals surface area (Å²) < 4.78 is 5.12. The molecule has 0 bridgehead atoms. The minimum absolute atomic E-state index is 0.00879. The fourth-order valence-corrected chi connectivity index (χ4v) is 2.82. The third-order valence-electron chi connectivity index (χ3n) is 4.49. The summed E-state index contributed by atoms with van der Waals surface area (Å²) in [5.41, 5.74) is 1.00. The molecular weight excluding hydrogens is 306 g/mol. The number of rotatable bonds is 6. The third kappa shape index (κ3) is 4.05. The predicted octanol–water partition coefficient (Wildman–Crippen LogP) is 1.80. The van der Waals surface area contributed by atoms with Crippen molar-refractivity contribution in [1.29, 1.82) is 5.26 Å². The monoisotopic (exact) mass is 329 g/mol. The molecule has 2 rings (SSSR count). The second-order valence-electron chi connectivity index (χ2n) is 6.18. The molecule has 0 N–H and O–H groups in total. The molecule has 0 saturated carbocycles. The highest BCUT2D eigenvalue weighted by molar-refractivity contribution is 5.89. The van der Waals surface area contributed by atoms with Crippen LogP contribution in [-0.4, -0.2) is 48.4 Å². The molecule has 2 amide bonds. The number of carbonyl (C=O) groups is 2. The van der Waals surface area contributed by atoms with Gasteiger partial charge < -0.3 is 14.5 Å². The SMILES string of the molecule is COc1ccc(CN2CC(C(=O)N(C)C(C)CC#N)CC2=O)cc1. The van der Waals surface area contributed by atoms with Crippen molar-refractivity contribution in [2.24, 2.45) is 5.92 Å². The van der Waals surface area contributed by atoms with E-state index in [9.17, 15) is 9.59 Å². The van der Waals surface area contributed by atoms with E-state index in [0.29, 0.717) is 19.5 Å². The number of nitriles is 1. The van der Waals surface area contributed by atoms with Gasteiger partial charge in [0.1, 0.15) is 5.75 Å². The number of hydrogen-bond donors (Lipinski definition) is 0. The molecule has 24 heavy (non-hydrogen) atoms. The van der Waals surface area contributed by atoms with Crippen LogP contribution in [-0.2, 0) is 16.1 Å². The average Bonchev–Trinajstić information content (AvgIpc) is 2.95. The molecule has 1 aromatic carbocycles. The Morgan fingerprint density at radius 2 is 2.12 bits per heavy atom.